The van der Waals surface area contributed by atoms with Crippen molar-refractivity contribution >= 4 is 11.9 Å². The molecule has 1 aromatic carbocycles. The average Bonchev–Trinajstić information content (AvgIpc) is 3.14. The molecule has 0 atom stereocenters. The summed E-state index contributed by atoms with van der Waals surface area (Å²) in [5.41, 5.74) is 0.839. The minimum atomic E-state index is -0.626. The molecule has 1 saturated heterocycles. The quantitative estimate of drug-likeness (QED) is 0.593. The van der Waals surface area contributed by atoms with Gasteiger partial charge >= 0.3 is 5.97 Å². The van der Waals surface area contributed by atoms with Crippen LogP contribution in [0.5, 0.6) is 11.6 Å². The van der Waals surface area contributed by atoms with Crippen LogP contribution in [-0.4, -0.2) is 59.9 Å². The highest BCUT2D eigenvalue weighted by atomic mass is 16.6. The third-order valence-electron chi connectivity index (χ3n) is 7.57. The van der Waals surface area contributed by atoms with E-state index in [-0.39, 0.29) is 17.8 Å². The van der Waals surface area contributed by atoms with Gasteiger partial charge in [0.15, 0.2) is 0 Å². The van der Waals surface area contributed by atoms with Gasteiger partial charge in [0.1, 0.15) is 11.4 Å². The Morgan fingerprint density at radius 3 is 2.71 bits per heavy atom. The molecule has 2 aromatic rings. The maximum absolute atomic E-state index is 13.1. The van der Waals surface area contributed by atoms with Crippen LogP contribution in [0.15, 0.2) is 42.6 Å². The van der Waals surface area contributed by atoms with Gasteiger partial charge in [-0.1, -0.05) is 18.6 Å². The number of ether oxygens (including phenoxy) is 2. The Hall–Kier alpha value is -2.93. The van der Waals surface area contributed by atoms with Gasteiger partial charge in [-0.2, -0.15) is 0 Å². The molecule has 2 fully saturated rings. The van der Waals surface area contributed by atoms with Crippen molar-refractivity contribution in [2.75, 3.05) is 33.2 Å². The van der Waals surface area contributed by atoms with E-state index in [1.54, 1.807) is 18.3 Å². The second-order valence-corrected chi connectivity index (χ2v) is 9.80. The summed E-state index contributed by atoms with van der Waals surface area (Å²) in [6.07, 6.45) is 8.31. The zero-order chi connectivity index (χ0) is 23.5. The molecular weight excluding hydrogens is 430 g/mol. The van der Waals surface area contributed by atoms with Crippen molar-refractivity contribution in [3.05, 3.63) is 53.7 Å². The molecule has 1 aromatic heterocycles. The number of hydrogen-bond donors (Lipinski definition) is 0. The van der Waals surface area contributed by atoms with E-state index in [1.165, 1.54) is 19.3 Å². The van der Waals surface area contributed by atoms with Crippen LogP contribution >= 0.6 is 0 Å². The maximum atomic E-state index is 13.1. The molecule has 1 aliphatic carbocycles. The summed E-state index contributed by atoms with van der Waals surface area (Å²) in [6.45, 7) is 4.02. The van der Waals surface area contributed by atoms with Gasteiger partial charge in [0.05, 0.1) is 5.56 Å². The number of hydrogen-bond acceptors (Lipinski definition) is 6. The third-order valence-corrected chi connectivity index (χ3v) is 7.57. The van der Waals surface area contributed by atoms with Crippen LogP contribution in [0.2, 0.25) is 0 Å². The van der Waals surface area contributed by atoms with Gasteiger partial charge in [0, 0.05) is 43.9 Å². The van der Waals surface area contributed by atoms with Crippen LogP contribution in [0.25, 0.3) is 0 Å². The zero-order valence-corrected chi connectivity index (χ0v) is 19.9. The molecule has 5 rings (SSSR count). The highest BCUT2D eigenvalue weighted by Crippen LogP contribution is 2.49. The smallest absolute Gasteiger partial charge is 0.339 e. The lowest BCUT2D eigenvalue weighted by Crippen LogP contribution is -2.43. The van der Waals surface area contributed by atoms with E-state index in [2.05, 4.69) is 9.88 Å². The Kier molecular flexibility index (Phi) is 6.55. The van der Waals surface area contributed by atoms with Gasteiger partial charge < -0.3 is 19.3 Å². The van der Waals surface area contributed by atoms with Crippen molar-refractivity contribution in [3.8, 4) is 11.6 Å². The van der Waals surface area contributed by atoms with Crippen molar-refractivity contribution in [2.24, 2.45) is 5.92 Å². The number of amides is 1. The summed E-state index contributed by atoms with van der Waals surface area (Å²) in [7, 11) is 1.92. The van der Waals surface area contributed by atoms with Gasteiger partial charge in [0.2, 0.25) is 11.8 Å². The number of benzene rings is 1. The predicted molar refractivity (Wildman–Crippen MR) is 128 cm³/mol. The normalized spacial score (nSPS) is 24.5. The summed E-state index contributed by atoms with van der Waals surface area (Å²) in [6, 6.07) is 11.0. The number of carbonyl (C=O) groups excluding carboxylic acids is 2. The zero-order valence-electron chi connectivity index (χ0n) is 19.9. The Morgan fingerprint density at radius 2 is 1.97 bits per heavy atom. The number of esters is 1. The van der Waals surface area contributed by atoms with Crippen LogP contribution in [0.1, 0.15) is 60.9 Å². The number of likely N-dealkylation sites (N-methyl/N-ethyl adjacent to an activating group) is 1. The van der Waals surface area contributed by atoms with E-state index >= 15 is 0 Å². The van der Waals surface area contributed by atoms with Crippen molar-refractivity contribution in [2.45, 2.75) is 50.5 Å². The van der Waals surface area contributed by atoms with Gasteiger partial charge in [-0.25, -0.2) is 9.78 Å². The Morgan fingerprint density at radius 1 is 1.18 bits per heavy atom. The molecule has 1 saturated carbocycles. The number of piperidine rings is 1. The van der Waals surface area contributed by atoms with Crippen LogP contribution in [0.3, 0.4) is 0 Å². The van der Waals surface area contributed by atoms with Gasteiger partial charge in [-0.3, -0.25) is 4.79 Å². The van der Waals surface area contributed by atoms with E-state index in [0.29, 0.717) is 30.0 Å². The third kappa shape index (κ3) is 4.67. The highest BCUT2D eigenvalue weighted by Gasteiger charge is 2.48. The molecule has 7 heteroatoms. The van der Waals surface area contributed by atoms with Gasteiger partial charge in [-0.05, 0) is 69.8 Å². The largest absolute Gasteiger partial charge is 0.451 e. The second-order valence-electron chi connectivity index (χ2n) is 9.80. The Bertz CT molecular complexity index is 1030. The summed E-state index contributed by atoms with van der Waals surface area (Å²) in [5, 5.41) is 0. The summed E-state index contributed by atoms with van der Waals surface area (Å²) in [5.74, 6) is 0.935. The molecule has 1 spiro atoms. The molecule has 0 bridgehead atoms. The van der Waals surface area contributed by atoms with Crippen LogP contribution in [-0.2, 0) is 15.1 Å². The predicted octanol–water partition coefficient (Wildman–Crippen LogP) is 4.37. The minimum Gasteiger partial charge on any atom is -0.451 e. The van der Waals surface area contributed by atoms with Crippen molar-refractivity contribution in [3.63, 3.8) is 0 Å². The monoisotopic (exact) mass is 463 g/mol. The van der Waals surface area contributed by atoms with Crippen LogP contribution in [0, 0.1) is 5.92 Å². The lowest BCUT2D eigenvalue weighted by atomic mass is 9.74. The molecule has 1 amide bonds. The molecule has 3 heterocycles. The molecule has 7 nitrogen and oxygen atoms in total. The average molecular weight is 464 g/mol. The summed E-state index contributed by atoms with van der Waals surface area (Å²) < 4.78 is 11.7. The number of pyridine rings is 1. The van der Waals surface area contributed by atoms with E-state index in [9.17, 15) is 9.59 Å². The molecule has 34 heavy (non-hydrogen) atoms. The summed E-state index contributed by atoms with van der Waals surface area (Å²) in [4.78, 5) is 34.3. The number of fused-ring (bicyclic) bond motifs is 2. The maximum Gasteiger partial charge on any atom is 0.339 e. The van der Waals surface area contributed by atoms with Crippen molar-refractivity contribution in [1.29, 1.82) is 0 Å². The molecule has 0 radical (unpaired) electrons. The standard InChI is InChI=1S/C27H33N3O4/c1-29(17-18-30-15-5-2-6-16-30)25(31)20-10-12-27(13-11-20)23-9-8-21(19-22(23)26(32)34-27)33-24-7-3-4-14-28-24/h3-4,7-9,14,19-20H,2,5-6,10-13,15-18H2,1H3. The number of likely N-dealkylation sites (tertiary alicyclic amines) is 1. The molecule has 0 unspecified atom stereocenters. The molecular formula is C27H33N3O4. The van der Waals surface area contributed by atoms with Crippen molar-refractivity contribution < 1.29 is 19.1 Å². The van der Waals surface area contributed by atoms with E-state index in [1.807, 2.05) is 36.2 Å². The Balaban J connectivity index is 1.20. The van der Waals surface area contributed by atoms with Crippen LogP contribution in [0.4, 0.5) is 0 Å². The van der Waals surface area contributed by atoms with E-state index < -0.39 is 5.60 Å². The fourth-order valence-electron chi connectivity index (χ4n) is 5.57. The number of rotatable bonds is 6. The summed E-state index contributed by atoms with van der Waals surface area (Å²) >= 11 is 0. The minimum absolute atomic E-state index is 0.00788. The second kappa shape index (κ2) is 9.74. The molecule has 2 aliphatic heterocycles. The van der Waals surface area contributed by atoms with E-state index in [0.717, 1.165) is 44.6 Å². The lowest BCUT2D eigenvalue weighted by Gasteiger charge is -2.37. The van der Waals surface area contributed by atoms with E-state index in [4.69, 9.17) is 9.47 Å². The molecule has 3 aliphatic rings. The number of carbonyl (C=O) groups is 2. The number of aromatic nitrogens is 1. The fourth-order valence-corrected chi connectivity index (χ4v) is 5.57. The fraction of sp³-hybridized carbons (Fsp3) is 0.519. The van der Waals surface area contributed by atoms with Gasteiger partial charge in [-0.15, -0.1) is 0 Å². The topological polar surface area (TPSA) is 72.0 Å². The van der Waals surface area contributed by atoms with Crippen molar-refractivity contribution in [1.82, 2.24) is 14.8 Å². The highest BCUT2D eigenvalue weighted by molar-refractivity contribution is 5.95. The first-order valence-corrected chi connectivity index (χ1v) is 12.5. The lowest BCUT2D eigenvalue weighted by molar-refractivity contribution is -0.137. The Labute approximate surface area is 201 Å². The molecule has 0 N–H and O–H groups in total. The molecule has 180 valence electrons. The van der Waals surface area contributed by atoms with Gasteiger partial charge in [0.25, 0.3) is 0 Å². The number of nitrogens with zero attached hydrogens (tertiary/aromatic N) is 3. The van der Waals surface area contributed by atoms with Crippen LogP contribution < -0.4 is 4.74 Å². The first-order chi connectivity index (χ1) is 16.5. The SMILES string of the molecule is CN(CCN1CCCCC1)C(=O)C1CCC2(CC1)OC(=O)c1cc(Oc3ccccn3)ccc12. The first-order valence-electron chi connectivity index (χ1n) is 12.5. The first kappa shape index (κ1) is 22.8.